The number of nitrogens with zero attached hydrogens (tertiary/aromatic N) is 2. The first kappa shape index (κ1) is 24.2. The minimum atomic E-state index is -0.310. The molecule has 5 rings (SSSR count). The Labute approximate surface area is 220 Å². The molecular weight excluding hydrogens is 488 g/mol. The third kappa shape index (κ3) is 5.20. The van der Waals surface area contributed by atoms with Crippen LogP contribution in [0, 0.1) is 0 Å². The first-order valence-electron chi connectivity index (χ1n) is 12.1. The Balaban J connectivity index is 1.37. The Morgan fingerprint density at radius 3 is 2.53 bits per heavy atom. The van der Waals surface area contributed by atoms with Gasteiger partial charge in [0.15, 0.2) is 5.11 Å². The number of benzene rings is 2. The van der Waals surface area contributed by atoms with Crippen LogP contribution in [-0.2, 0) is 24.1 Å². The van der Waals surface area contributed by atoms with Gasteiger partial charge in [-0.15, -0.1) is 11.3 Å². The van der Waals surface area contributed by atoms with Crippen molar-refractivity contribution >= 4 is 39.6 Å². The molecule has 2 N–H and O–H groups in total. The second-order valence-electron chi connectivity index (χ2n) is 8.72. The molecule has 0 unspecified atom stereocenters. The summed E-state index contributed by atoms with van der Waals surface area (Å²) >= 11 is 7.26. The fourth-order valence-electron chi connectivity index (χ4n) is 4.56. The maximum atomic E-state index is 12.6. The lowest BCUT2D eigenvalue weighted by atomic mass is 10.1. The average Bonchev–Trinajstić information content (AvgIpc) is 3.41. The van der Waals surface area contributed by atoms with Gasteiger partial charge in [0, 0.05) is 28.7 Å². The highest BCUT2D eigenvalue weighted by Gasteiger charge is 2.26. The van der Waals surface area contributed by atoms with Crippen LogP contribution in [0.15, 0.2) is 66.9 Å². The standard InChI is InChI=1S/C28H28N4O2S2/c1-34-27(33)24-22-15-9-4-10-16-23(22)36-26(24)30-28(35)29-17-20-18-32(21-13-7-3-8-14-21)31-25(20)19-11-5-2-6-12-19/h2-3,5-8,11-14,18H,4,9-10,15-17H2,1H3,(H2,29,30,35). The fraction of sp³-hybridized carbons (Fsp3) is 0.250. The molecule has 4 aromatic rings. The molecule has 2 heterocycles. The van der Waals surface area contributed by atoms with Gasteiger partial charge in [0.05, 0.1) is 24.1 Å². The summed E-state index contributed by atoms with van der Waals surface area (Å²) in [7, 11) is 1.43. The SMILES string of the molecule is COC(=O)c1c(NC(=S)NCc2cn(-c3ccccc3)nc2-c2ccccc2)sc2c1CCCCC2. The topological polar surface area (TPSA) is 68.2 Å². The van der Waals surface area contributed by atoms with E-state index in [0.717, 1.165) is 58.8 Å². The molecule has 0 radical (unpaired) electrons. The van der Waals surface area contributed by atoms with Crippen LogP contribution in [0.25, 0.3) is 16.9 Å². The molecule has 0 atom stereocenters. The number of esters is 1. The zero-order valence-corrected chi connectivity index (χ0v) is 21.8. The van der Waals surface area contributed by atoms with E-state index >= 15 is 0 Å². The van der Waals surface area contributed by atoms with E-state index in [4.69, 9.17) is 22.1 Å². The van der Waals surface area contributed by atoms with Gasteiger partial charge in [0.2, 0.25) is 0 Å². The highest BCUT2D eigenvalue weighted by atomic mass is 32.1. The van der Waals surface area contributed by atoms with Gasteiger partial charge in [-0.1, -0.05) is 55.0 Å². The van der Waals surface area contributed by atoms with Crippen molar-refractivity contribution in [2.45, 2.75) is 38.6 Å². The van der Waals surface area contributed by atoms with E-state index in [0.29, 0.717) is 17.2 Å². The van der Waals surface area contributed by atoms with E-state index in [-0.39, 0.29) is 5.97 Å². The number of anilines is 1. The molecule has 0 spiro atoms. The zero-order valence-electron chi connectivity index (χ0n) is 20.1. The van der Waals surface area contributed by atoms with Crippen LogP contribution >= 0.6 is 23.6 Å². The molecule has 1 aliphatic carbocycles. The van der Waals surface area contributed by atoms with Crippen molar-refractivity contribution in [2.75, 3.05) is 12.4 Å². The van der Waals surface area contributed by atoms with E-state index in [1.807, 2.05) is 59.4 Å². The van der Waals surface area contributed by atoms with Crippen LogP contribution < -0.4 is 10.6 Å². The molecule has 0 saturated carbocycles. The van der Waals surface area contributed by atoms with E-state index in [1.165, 1.54) is 18.4 Å². The van der Waals surface area contributed by atoms with Gasteiger partial charge in [-0.2, -0.15) is 5.10 Å². The second-order valence-corrected chi connectivity index (χ2v) is 10.2. The maximum absolute atomic E-state index is 12.6. The number of aromatic nitrogens is 2. The highest BCUT2D eigenvalue weighted by Crippen LogP contribution is 2.38. The van der Waals surface area contributed by atoms with Crippen molar-refractivity contribution in [3.8, 4) is 16.9 Å². The Morgan fingerprint density at radius 2 is 1.78 bits per heavy atom. The van der Waals surface area contributed by atoms with Gasteiger partial charge in [0.1, 0.15) is 5.00 Å². The molecule has 1 aliphatic rings. The van der Waals surface area contributed by atoms with Crippen LogP contribution in [0.5, 0.6) is 0 Å². The summed E-state index contributed by atoms with van der Waals surface area (Å²) in [6.07, 6.45) is 7.33. The van der Waals surface area contributed by atoms with E-state index < -0.39 is 0 Å². The molecular formula is C28H28N4O2S2. The highest BCUT2D eigenvalue weighted by molar-refractivity contribution is 7.80. The summed E-state index contributed by atoms with van der Waals surface area (Å²) in [5, 5.41) is 12.7. The zero-order chi connectivity index (χ0) is 24.9. The number of hydrogen-bond acceptors (Lipinski definition) is 5. The Kier molecular flexibility index (Phi) is 7.44. The lowest BCUT2D eigenvalue weighted by Gasteiger charge is -2.11. The van der Waals surface area contributed by atoms with Gasteiger partial charge >= 0.3 is 5.97 Å². The number of thiophene rings is 1. The van der Waals surface area contributed by atoms with Crippen molar-refractivity contribution in [3.05, 3.63) is 88.4 Å². The van der Waals surface area contributed by atoms with Crippen molar-refractivity contribution in [2.24, 2.45) is 0 Å². The molecule has 2 aromatic heterocycles. The van der Waals surface area contributed by atoms with Crippen LogP contribution in [0.1, 0.15) is 45.6 Å². The van der Waals surface area contributed by atoms with E-state index in [2.05, 4.69) is 22.8 Å². The third-order valence-corrected chi connectivity index (χ3v) is 7.79. The van der Waals surface area contributed by atoms with Crippen molar-refractivity contribution < 1.29 is 9.53 Å². The number of aryl methyl sites for hydroxylation is 1. The molecule has 0 aliphatic heterocycles. The number of carbonyl (C=O) groups is 1. The Hall–Kier alpha value is -3.49. The smallest absolute Gasteiger partial charge is 0.341 e. The quantitative estimate of drug-likeness (QED) is 0.182. The molecule has 0 bridgehead atoms. The van der Waals surface area contributed by atoms with Crippen LogP contribution in [0.3, 0.4) is 0 Å². The monoisotopic (exact) mass is 516 g/mol. The maximum Gasteiger partial charge on any atom is 0.341 e. The number of nitrogens with one attached hydrogen (secondary N) is 2. The number of hydrogen-bond donors (Lipinski definition) is 2. The number of fused-ring (bicyclic) bond motifs is 1. The van der Waals surface area contributed by atoms with Gasteiger partial charge < -0.3 is 15.4 Å². The Morgan fingerprint density at radius 1 is 1.06 bits per heavy atom. The van der Waals surface area contributed by atoms with E-state index in [1.54, 1.807) is 11.3 Å². The van der Waals surface area contributed by atoms with Gasteiger partial charge in [-0.05, 0) is 55.6 Å². The fourth-order valence-corrected chi connectivity index (χ4v) is 6.08. The van der Waals surface area contributed by atoms with Crippen LogP contribution in [0.4, 0.5) is 5.00 Å². The van der Waals surface area contributed by atoms with Crippen LogP contribution in [0.2, 0.25) is 0 Å². The number of rotatable bonds is 6. The summed E-state index contributed by atoms with van der Waals surface area (Å²) in [6.45, 7) is 0.488. The third-order valence-electron chi connectivity index (χ3n) is 6.34. The summed E-state index contributed by atoms with van der Waals surface area (Å²) in [6, 6.07) is 20.2. The lowest BCUT2D eigenvalue weighted by molar-refractivity contribution is 0.0601. The first-order valence-corrected chi connectivity index (χ1v) is 13.3. The minimum absolute atomic E-state index is 0.310. The molecule has 0 saturated heterocycles. The molecule has 0 amide bonds. The predicted octanol–water partition coefficient (Wildman–Crippen LogP) is 6.14. The minimum Gasteiger partial charge on any atom is -0.465 e. The molecule has 6 nitrogen and oxygen atoms in total. The van der Waals surface area contributed by atoms with Gasteiger partial charge in [0.25, 0.3) is 0 Å². The largest absolute Gasteiger partial charge is 0.465 e. The lowest BCUT2D eigenvalue weighted by Crippen LogP contribution is -2.28. The molecule has 8 heteroatoms. The number of methoxy groups -OCH3 is 1. The van der Waals surface area contributed by atoms with Crippen molar-refractivity contribution in [3.63, 3.8) is 0 Å². The normalized spacial score (nSPS) is 12.9. The first-order chi connectivity index (χ1) is 17.6. The predicted molar refractivity (Wildman–Crippen MR) is 149 cm³/mol. The second kappa shape index (κ2) is 11.1. The van der Waals surface area contributed by atoms with Crippen molar-refractivity contribution in [1.82, 2.24) is 15.1 Å². The van der Waals surface area contributed by atoms with Gasteiger partial charge in [-0.3, -0.25) is 0 Å². The molecule has 36 heavy (non-hydrogen) atoms. The van der Waals surface area contributed by atoms with Crippen molar-refractivity contribution in [1.29, 1.82) is 0 Å². The summed E-state index contributed by atoms with van der Waals surface area (Å²) < 4.78 is 7.01. The molecule has 0 fully saturated rings. The number of thiocarbonyl (C=S) groups is 1. The number of carbonyl (C=O) groups excluding carboxylic acids is 1. The summed E-state index contributed by atoms with van der Waals surface area (Å²) in [5.41, 5.74) is 5.69. The Bertz CT molecular complexity index is 1360. The summed E-state index contributed by atoms with van der Waals surface area (Å²) in [4.78, 5) is 13.9. The number of para-hydroxylation sites is 1. The average molecular weight is 517 g/mol. The van der Waals surface area contributed by atoms with E-state index in [9.17, 15) is 4.79 Å². The summed E-state index contributed by atoms with van der Waals surface area (Å²) in [5.74, 6) is -0.310. The molecule has 2 aromatic carbocycles. The molecule has 184 valence electrons. The van der Waals surface area contributed by atoms with Crippen LogP contribution in [-0.4, -0.2) is 28.0 Å². The number of ether oxygens (including phenoxy) is 1. The van der Waals surface area contributed by atoms with Gasteiger partial charge in [-0.25, -0.2) is 9.48 Å².